The van der Waals surface area contributed by atoms with Gasteiger partial charge in [0, 0.05) is 6.08 Å². The zero-order valence-corrected chi connectivity index (χ0v) is 5.46. The molecule has 0 unspecified atom stereocenters. The van der Waals surface area contributed by atoms with Crippen molar-refractivity contribution in [2.75, 3.05) is 6.61 Å². The van der Waals surface area contributed by atoms with Crippen LogP contribution >= 0.6 is 0 Å². The van der Waals surface area contributed by atoms with Crippen molar-refractivity contribution in [1.82, 2.24) is 0 Å². The van der Waals surface area contributed by atoms with Crippen LogP contribution in [0.15, 0.2) is 24.8 Å². The van der Waals surface area contributed by atoms with Crippen molar-refractivity contribution in [3.05, 3.63) is 24.8 Å². The van der Waals surface area contributed by atoms with E-state index in [0.29, 0.717) is 6.61 Å². The molecular formula is C7H10O2. The summed E-state index contributed by atoms with van der Waals surface area (Å²) in [5, 5.41) is 0. The summed E-state index contributed by atoms with van der Waals surface area (Å²) in [4.78, 5) is 10.4. The smallest absolute Gasteiger partial charge is 0.330 e. The lowest BCUT2D eigenvalue weighted by Crippen LogP contribution is -1.98. The number of rotatable bonds is 3. The standard InChI is InChI=1S/C7H10O2/c1-3-5-6-7(8)9-4-2/h3,5-6H,1,4H2,2H3/b6-5-. The maximum absolute atomic E-state index is 10.4. The lowest BCUT2D eigenvalue weighted by molar-refractivity contribution is -0.137. The molecule has 0 spiro atoms. The van der Waals surface area contributed by atoms with Crippen molar-refractivity contribution in [3.63, 3.8) is 0 Å². The highest BCUT2D eigenvalue weighted by molar-refractivity contribution is 5.82. The lowest BCUT2D eigenvalue weighted by Gasteiger charge is -1.91. The fraction of sp³-hybridized carbons (Fsp3) is 0.286. The summed E-state index contributed by atoms with van der Waals surface area (Å²) in [5.74, 6) is -0.322. The van der Waals surface area contributed by atoms with Gasteiger partial charge in [0.2, 0.25) is 0 Å². The van der Waals surface area contributed by atoms with Gasteiger partial charge in [-0.3, -0.25) is 0 Å². The summed E-state index contributed by atoms with van der Waals surface area (Å²) in [7, 11) is 0. The largest absolute Gasteiger partial charge is 0.463 e. The molecule has 0 aromatic heterocycles. The van der Waals surface area contributed by atoms with Gasteiger partial charge in [-0.05, 0) is 6.92 Å². The predicted molar refractivity (Wildman–Crippen MR) is 36.0 cm³/mol. The highest BCUT2D eigenvalue weighted by Gasteiger charge is 1.88. The number of hydrogen-bond donors (Lipinski definition) is 0. The molecule has 0 N–H and O–H groups in total. The molecule has 2 heteroatoms. The molecule has 9 heavy (non-hydrogen) atoms. The molecule has 0 heterocycles. The van der Waals surface area contributed by atoms with Gasteiger partial charge >= 0.3 is 5.97 Å². The van der Waals surface area contributed by atoms with Crippen molar-refractivity contribution in [2.24, 2.45) is 0 Å². The summed E-state index contributed by atoms with van der Waals surface area (Å²) in [6, 6.07) is 0. The van der Waals surface area contributed by atoms with Gasteiger partial charge in [-0.25, -0.2) is 4.79 Å². The van der Waals surface area contributed by atoms with Crippen LogP contribution in [0, 0.1) is 0 Å². The van der Waals surface area contributed by atoms with Gasteiger partial charge in [-0.15, -0.1) is 0 Å². The second-order valence-electron chi connectivity index (χ2n) is 1.35. The Kier molecular flexibility index (Phi) is 4.50. The number of carbonyl (C=O) groups is 1. The van der Waals surface area contributed by atoms with E-state index in [4.69, 9.17) is 0 Å². The zero-order chi connectivity index (χ0) is 7.11. The van der Waals surface area contributed by atoms with Crippen LogP contribution in [0.25, 0.3) is 0 Å². The van der Waals surface area contributed by atoms with Crippen LogP contribution in [0.1, 0.15) is 6.92 Å². The molecule has 0 atom stereocenters. The Labute approximate surface area is 54.8 Å². The minimum atomic E-state index is -0.322. The van der Waals surface area contributed by atoms with Crippen molar-refractivity contribution in [2.45, 2.75) is 6.92 Å². The summed E-state index contributed by atoms with van der Waals surface area (Å²) in [6.07, 6.45) is 4.39. The van der Waals surface area contributed by atoms with Crippen LogP contribution in [-0.2, 0) is 9.53 Å². The molecule has 0 saturated heterocycles. The number of allylic oxidation sites excluding steroid dienone is 2. The van der Waals surface area contributed by atoms with E-state index in [2.05, 4.69) is 11.3 Å². The van der Waals surface area contributed by atoms with Gasteiger partial charge in [-0.1, -0.05) is 18.7 Å². The highest BCUT2D eigenvalue weighted by atomic mass is 16.5. The number of esters is 1. The summed E-state index contributed by atoms with van der Waals surface area (Å²) in [6.45, 7) is 5.58. The Morgan fingerprint density at radius 3 is 2.89 bits per heavy atom. The average molecular weight is 126 g/mol. The third kappa shape index (κ3) is 4.81. The maximum Gasteiger partial charge on any atom is 0.330 e. The van der Waals surface area contributed by atoms with E-state index in [1.807, 2.05) is 0 Å². The molecule has 0 aromatic rings. The summed E-state index contributed by atoms with van der Waals surface area (Å²) < 4.78 is 4.57. The molecule has 0 amide bonds. The first-order valence-corrected chi connectivity index (χ1v) is 2.77. The minimum absolute atomic E-state index is 0.322. The van der Waals surface area contributed by atoms with Crippen molar-refractivity contribution in [3.8, 4) is 0 Å². The first-order valence-electron chi connectivity index (χ1n) is 2.77. The molecule has 0 aliphatic rings. The van der Waals surface area contributed by atoms with E-state index in [0.717, 1.165) is 0 Å². The van der Waals surface area contributed by atoms with E-state index >= 15 is 0 Å². The Morgan fingerprint density at radius 2 is 2.44 bits per heavy atom. The molecular weight excluding hydrogens is 116 g/mol. The SMILES string of the molecule is C=C/C=C\C(=O)OCC. The first kappa shape index (κ1) is 7.95. The average Bonchev–Trinajstić information content (AvgIpc) is 1.85. The molecule has 0 saturated carbocycles. The van der Waals surface area contributed by atoms with E-state index in [1.165, 1.54) is 18.2 Å². The zero-order valence-electron chi connectivity index (χ0n) is 5.46. The fourth-order valence-corrected chi connectivity index (χ4v) is 0.337. The topological polar surface area (TPSA) is 26.3 Å². The van der Waals surface area contributed by atoms with Crippen LogP contribution in [0.5, 0.6) is 0 Å². The van der Waals surface area contributed by atoms with Crippen molar-refractivity contribution < 1.29 is 9.53 Å². The van der Waals surface area contributed by atoms with E-state index in [9.17, 15) is 4.79 Å². The minimum Gasteiger partial charge on any atom is -0.463 e. The first-order chi connectivity index (χ1) is 4.31. The monoisotopic (exact) mass is 126 g/mol. The van der Waals surface area contributed by atoms with Gasteiger partial charge in [0.25, 0.3) is 0 Å². The quantitative estimate of drug-likeness (QED) is 0.323. The molecule has 0 aromatic carbocycles. The molecule has 0 radical (unpaired) electrons. The van der Waals surface area contributed by atoms with Gasteiger partial charge in [0.1, 0.15) is 0 Å². The van der Waals surface area contributed by atoms with Crippen LogP contribution in [0.4, 0.5) is 0 Å². The Bertz CT molecular complexity index is 125. The molecule has 50 valence electrons. The lowest BCUT2D eigenvalue weighted by atomic mass is 10.5. The third-order valence-electron chi connectivity index (χ3n) is 0.655. The Morgan fingerprint density at radius 1 is 1.78 bits per heavy atom. The fourth-order valence-electron chi connectivity index (χ4n) is 0.337. The molecule has 0 fully saturated rings. The molecule has 0 bridgehead atoms. The Hall–Kier alpha value is -1.05. The second-order valence-corrected chi connectivity index (χ2v) is 1.35. The summed E-state index contributed by atoms with van der Waals surface area (Å²) in [5.41, 5.74) is 0. The van der Waals surface area contributed by atoms with Gasteiger partial charge in [-0.2, -0.15) is 0 Å². The van der Waals surface area contributed by atoms with Crippen LogP contribution in [-0.4, -0.2) is 12.6 Å². The molecule has 0 aliphatic heterocycles. The third-order valence-corrected chi connectivity index (χ3v) is 0.655. The van der Waals surface area contributed by atoms with E-state index < -0.39 is 0 Å². The number of ether oxygens (including phenoxy) is 1. The second kappa shape index (κ2) is 5.09. The van der Waals surface area contributed by atoms with Crippen LogP contribution in [0.3, 0.4) is 0 Å². The van der Waals surface area contributed by atoms with Crippen molar-refractivity contribution in [1.29, 1.82) is 0 Å². The Balaban J connectivity index is 3.49. The van der Waals surface area contributed by atoms with Crippen molar-refractivity contribution >= 4 is 5.97 Å². The number of hydrogen-bond acceptors (Lipinski definition) is 2. The van der Waals surface area contributed by atoms with E-state index in [-0.39, 0.29) is 5.97 Å². The summed E-state index contributed by atoms with van der Waals surface area (Å²) >= 11 is 0. The highest BCUT2D eigenvalue weighted by Crippen LogP contribution is 1.80. The molecule has 0 rings (SSSR count). The van der Waals surface area contributed by atoms with Crippen LogP contribution in [0.2, 0.25) is 0 Å². The predicted octanol–water partition coefficient (Wildman–Crippen LogP) is 1.29. The number of carbonyl (C=O) groups excluding carboxylic acids is 1. The molecule has 0 aliphatic carbocycles. The van der Waals surface area contributed by atoms with Gasteiger partial charge in [0.05, 0.1) is 6.61 Å². The molecule has 2 nitrogen and oxygen atoms in total. The normalized spacial score (nSPS) is 9.44. The van der Waals surface area contributed by atoms with Crippen LogP contribution < -0.4 is 0 Å². The van der Waals surface area contributed by atoms with E-state index in [1.54, 1.807) is 6.92 Å². The van der Waals surface area contributed by atoms with Gasteiger partial charge < -0.3 is 4.74 Å². The maximum atomic E-state index is 10.4. The van der Waals surface area contributed by atoms with Gasteiger partial charge in [0.15, 0.2) is 0 Å².